The van der Waals surface area contributed by atoms with Crippen LogP contribution in [0.1, 0.15) is 41.3 Å². The van der Waals surface area contributed by atoms with Gasteiger partial charge in [0.1, 0.15) is 5.78 Å². The Kier molecular flexibility index (Phi) is 3.68. The molecule has 0 fully saturated rings. The third-order valence-corrected chi connectivity index (χ3v) is 5.15. The molecule has 1 unspecified atom stereocenters. The molecule has 3 heteroatoms. The van der Waals surface area contributed by atoms with Gasteiger partial charge in [-0.15, -0.1) is 0 Å². The normalized spacial score (nSPS) is 14.9. The second kappa shape index (κ2) is 5.49. The lowest BCUT2D eigenvalue weighted by Gasteiger charge is -2.12. The second-order valence-corrected chi connectivity index (χ2v) is 6.48. The standard InChI is InChI=1S/C18H16O2S/c1-11(12(2)19)13-7-8-17-14(9-13)10-16(20)15-5-3-4-6-18(15)21-17/h3-9,11H,10H2,1-2H3. The van der Waals surface area contributed by atoms with E-state index in [4.69, 9.17) is 0 Å². The van der Waals surface area contributed by atoms with E-state index in [-0.39, 0.29) is 17.5 Å². The fourth-order valence-corrected chi connectivity index (χ4v) is 3.59. The van der Waals surface area contributed by atoms with E-state index in [1.807, 2.05) is 49.4 Å². The summed E-state index contributed by atoms with van der Waals surface area (Å²) in [5.41, 5.74) is 2.80. The molecule has 1 aliphatic rings. The molecule has 0 bridgehead atoms. The molecule has 3 rings (SSSR count). The molecule has 1 aliphatic heterocycles. The quantitative estimate of drug-likeness (QED) is 0.830. The van der Waals surface area contributed by atoms with E-state index in [0.717, 1.165) is 26.5 Å². The number of fused-ring (bicyclic) bond motifs is 2. The molecular formula is C18H16O2S. The molecule has 2 nitrogen and oxygen atoms in total. The first-order valence-corrected chi connectivity index (χ1v) is 7.81. The maximum atomic E-state index is 12.4. The lowest BCUT2D eigenvalue weighted by atomic mass is 9.94. The summed E-state index contributed by atoms with van der Waals surface area (Å²) in [5, 5.41) is 0. The fourth-order valence-electron chi connectivity index (χ4n) is 2.51. The number of hydrogen-bond acceptors (Lipinski definition) is 3. The third kappa shape index (κ3) is 2.66. The molecule has 21 heavy (non-hydrogen) atoms. The van der Waals surface area contributed by atoms with Gasteiger partial charge in [0.15, 0.2) is 5.78 Å². The van der Waals surface area contributed by atoms with Crippen molar-refractivity contribution in [1.29, 1.82) is 0 Å². The monoisotopic (exact) mass is 296 g/mol. The van der Waals surface area contributed by atoms with Gasteiger partial charge in [-0.2, -0.15) is 0 Å². The molecule has 106 valence electrons. The molecular weight excluding hydrogens is 280 g/mol. The zero-order valence-electron chi connectivity index (χ0n) is 12.1. The van der Waals surface area contributed by atoms with Crippen molar-refractivity contribution >= 4 is 23.3 Å². The highest BCUT2D eigenvalue weighted by Gasteiger charge is 2.21. The summed E-state index contributed by atoms with van der Waals surface area (Å²) in [6.45, 7) is 3.51. The number of carbonyl (C=O) groups is 2. The fraction of sp³-hybridized carbons (Fsp3) is 0.222. The van der Waals surface area contributed by atoms with Crippen LogP contribution in [-0.2, 0) is 11.2 Å². The molecule has 1 heterocycles. The first-order valence-electron chi connectivity index (χ1n) is 6.99. The van der Waals surface area contributed by atoms with E-state index in [0.29, 0.717) is 6.42 Å². The predicted molar refractivity (Wildman–Crippen MR) is 84.1 cm³/mol. The van der Waals surface area contributed by atoms with E-state index in [2.05, 4.69) is 0 Å². The minimum absolute atomic E-state index is 0.124. The second-order valence-electron chi connectivity index (χ2n) is 5.40. The molecule has 2 aromatic rings. The van der Waals surface area contributed by atoms with Crippen molar-refractivity contribution in [3.63, 3.8) is 0 Å². The summed E-state index contributed by atoms with van der Waals surface area (Å²) < 4.78 is 0. The lowest BCUT2D eigenvalue weighted by molar-refractivity contribution is -0.118. The van der Waals surface area contributed by atoms with Crippen molar-refractivity contribution in [2.75, 3.05) is 0 Å². The zero-order chi connectivity index (χ0) is 15.0. The highest BCUT2D eigenvalue weighted by atomic mass is 32.2. The van der Waals surface area contributed by atoms with Crippen LogP contribution < -0.4 is 0 Å². The Morgan fingerprint density at radius 3 is 2.67 bits per heavy atom. The molecule has 0 saturated heterocycles. The molecule has 0 radical (unpaired) electrons. The Balaban J connectivity index is 2.04. The Morgan fingerprint density at radius 2 is 1.90 bits per heavy atom. The molecule has 2 aromatic carbocycles. The summed E-state index contributed by atoms with van der Waals surface area (Å²) >= 11 is 1.63. The van der Waals surface area contributed by atoms with Gasteiger partial charge < -0.3 is 0 Å². The Labute approximate surface area is 128 Å². The number of ketones is 2. The summed E-state index contributed by atoms with van der Waals surface area (Å²) in [5.74, 6) is 0.163. The van der Waals surface area contributed by atoms with Crippen LogP contribution in [0.3, 0.4) is 0 Å². The highest BCUT2D eigenvalue weighted by molar-refractivity contribution is 7.99. The van der Waals surface area contributed by atoms with E-state index in [1.54, 1.807) is 18.7 Å². The molecule has 1 atom stereocenters. The molecule has 0 N–H and O–H groups in total. The minimum atomic E-state index is -0.124. The van der Waals surface area contributed by atoms with Crippen molar-refractivity contribution in [2.45, 2.75) is 36.0 Å². The van der Waals surface area contributed by atoms with E-state index in [1.165, 1.54) is 0 Å². The van der Waals surface area contributed by atoms with Crippen LogP contribution in [0.4, 0.5) is 0 Å². The summed E-state index contributed by atoms with van der Waals surface area (Å²) in [4.78, 5) is 26.1. The SMILES string of the molecule is CC(=O)C(C)c1ccc2c(c1)CC(=O)c1ccccc1S2. The first kappa shape index (κ1) is 14.1. The zero-order valence-corrected chi connectivity index (χ0v) is 12.9. The minimum Gasteiger partial charge on any atom is -0.299 e. The Hall–Kier alpha value is -1.87. The van der Waals surface area contributed by atoms with Crippen molar-refractivity contribution in [3.8, 4) is 0 Å². The molecule has 0 saturated carbocycles. The van der Waals surface area contributed by atoms with Crippen LogP contribution in [-0.4, -0.2) is 11.6 Å². The van der Waals surface area contributed by atoms with Crippen molar-refractivity contribution in [1.82, 2.24) is 0 Å². The van der Waals surface area contributed by atoms with Crippen LogP contribution in [0.25, 0.3) is 0 Å². The van der Waals surface area contributed by atoms with E-state index in [9.17, 15) is 9.59 Å². The van der Waals surface area contributed by atoms with Crippen molar-refractivity contribution in [3.05, 3.63) is 59.2 Å². The average molecular weight is 296 g/mol. The smallest absolute Gasteiger partial charge is 0.168 e. The number of benzene rings is 2. The predicted octanol–water partition coefficient (Wildman–Crippen LogP) is 4.27. The van der Waals surface area contributed by atoms with Gasteiger partial charge in [0.05, 0.1) is 0 Å². The number of carbonyl (C=O) groups excluding carboxylic acids is 2. The number of rotatable bonds is 2. The average Bonchev–Trinajstić information content (AvgIpc) is 2.61. The molecule has 0 aliphatic carbocycles. The first-order chi connectivity index (χ1) is 10.1. The van der Waals surface area contributed by atoms with Gasteiger partial charge in [0.25, 0.3) is 0 Å². The van der Waals surface area contributed by atoms with Crippen LogP contribution in [0.2, 0.25) is 0 Å². The Bertz CT molecular complexity index is 734. The van der Waals surface area contributed by atoms with Gasteiger partial charge in [-0.05, 0) is 30.2 Å². The van der Waals surface area contributed by atoms with Crippen LogP contribution in [0, 0.1) is 0 Å². The largest absolute Gasteiger partial charge is 0.299 e. The van der Waals surface area contributed by atoms with Crippen molar-refractivity contribution < 1.29 is 9.59 Å². The summed E-state index contributed by atoms with van der Waals surface area (Å²) in [7, 11) is 0. The summed E-state index contributed by atoms with van der Waals surface area (Å²) in [6.07, 6.45) is 0.401. The Morgan fingerprint density at radius 1 is 1.14 bits per heavy atom. The molecule has 0 aromatic heterocycles. The maximum absolute atomic E-state index is 12.4. The van der Waals surface area contributed by atoms with Crippen molar-refractivity contribution in [2.24, 2.45) is 0 Å². The van der Waals surface area contributed by atoms with Gasteiger partial charge >= 0.3 is 0 Å². The van der Waals surface area contributed by atoms with Gasteiger partial charge in [-0.3, -0.25) is 9.59 Å². The highest BCUT2D eigenvalue weighted by Crippen LogP contribution is 2.38. The van der Waals surface area contributed by atoms with Gasteiger partial charge in [0.2, 0.25) is 0 Å². The van der Waals surface area contributed by atoms with E-state index >= 15 is 0 Å². The molecule has 0 spiro atoms. The number of Topliss-reactive ketones (excluding diaryl/α,β-unsaturated/α-hetero) is 2. The third-order valence-electron chi connectivity index (χ3n) is 3.95. The van der Waals surface area contributed by atoms with Gasteiger partial charge in [0, 0.05) is 27.7 Å². The molecule has 0 amide bonds. The topological polar surface area (TPSA) is 34.1 Å². The van der Waals surface area contributed by atoms with Gasteiger partial charge in [-0.1, -0.05) is 49.0 Å². The summed E-state index contributed by atoms with van der Waals surface area (Å²) in [6, 6.07) is 13.8. The maximum Gasteiger partial charge on any atom is 0.168 e. The van der Waals surface area contributed by atoms with Gasteiger partial charge in [-0.25, -0.2) is 0 Å². The van der Waals surface area contributed by atoms with Crippen LogP contribution in [0.5, 0.6) is 0 Å². The number of hydrogen-bond donors (Lipinski definition) is 0. The lowest BCUT2D eigenvalue weighted by Crippen LogP contribution is -2.07. The van der Waals surface area contributed by atoms with Crippen LogP contribution >= 0.6 is 11.8 Å². The van der Waals surface area contributed by atoms with E-state index < -0.39 is 0 Å². The van der Waals surface area contributed by atoms with Crippen LogP contribution in [0.15, 0.2) is 52.3 Å².